The monoisotopic (exact) mass is 257 g/mol. The van der Waals surface area contributed by atoms with Gasteiger partial charge in [-0.3, -0.25) is 4.99 Å². The molecule has 0 bridgehead atoms. The van der Waals surface area contributed by atoms with Crippen LogP contribution in [0, 0.1) is 5.92 Å². The quantitative estimate of drug-likeness (QED) is 0.645. The highest BCUT2D eigenvalue weighted by molar-refractivity contribution is 8.39. The molecular formula is C13H23NS2. The molecule has 0 amide bonds. The van der Waals surface area contributed by atoms with E-state index in [0.29, 0.717) is 0 Å². The predicted octanol–water partition coefficient (Wildman–Crippen LogP) is 4.60. The molecule has 1 unspecified atom stereocenters. The topological polar surface area (TPSA) is 12.4 Å². The van der Waals surface area contributed by atoms with Gasteiger partial charge in [0.25, 0.3) is 0 Å². The van der Waals surface area contributed by atoms with Crippen LogP contribution in [0.25, 0.3) is 0 Å². The van der Waals surface area contributed by atoms with E-state index in [-0.39, 0.29) is 0 Å². The molecule has 0 N–H and O–H groups in total. The van der Waals surface area contributed by atoms with Crippen molar-refractivity contribution in [1.82, 2.24) is 0 Å². The summed E-state index contributed by atoms with van der Waals surface area (Å²) in [7, 11) is 0. The van der Waals surface area contributed by atoms with E-state index in [9.17, 15) is 0 Å². The lowest BCUT2D eigenvalue weighted by molar-refractivity contribution is 0.525. The SMILES string of the molecule is CC(C)=CCCC(C)CCSC1=NCCS1. The number of aliphatic imine (C=N–C) groups is 1. The van der Waals surface area contributed by atoms with Crippen molar-refractivity contribution in [3.8, 4) is 0 Å². The molecule has 16 heavy (non-hydrogen) atoms. The van der Waals surface area contributed by atoms with E-state index in [1.165, 1.54) is 40.7 Å². The van der Waals surface area contributed by atoms with Crippen molar-refractivity contribution in [3.63, 3.8) is 0 Å². The molecule has 0 aromatic rings. The molecule has 1 nitrogen and oxygen atoms in total. The predicted molar refractivity (Wildman–Crippen MR) is 79.7 cm³/mol. The highest BCUT2D eigenvalue weighted by Gasteiger charge is 2.08. The van der Waals surface area contributed by atoms with Gasteiger partial charge in [-0.15, -0.1) is 0 Å². The maximum atomic E-state index is 4.45. The number of hydrogen-bond acceptors (Lipinski definition) is 3. The summed E-state index contributed by atoms with van der Waals surface area (Å²) < 4.78 is 1.32. The van der Waals surface area contributed by atoms with Gasteiger partial charge >= 0.3 is 0 Å². The Labute approximate surface area is 109 Å². The Morgan fingerprint density at radius 1 is 1.50 bits per heavy atom. The molecule has 1 aliphatic heterocycles. The molecule has 0 aliphatic carbocycles. The third kappa shape index (κ3) is 6.64. The fourth-order valence-electron chi connectivity index (χ4n) is 1.55. The molecular weight excluding hydrogens is 234 g/mol. The first-order valence-electron chi connectivity index (χ1n) is 6.12. The lowest BCUT2D eigenvalue weighted by Crippen LogP contribution is -1.97. The summed E-state index contributed by atoms with van der Waals surface area (Å²) in [6, 6.07) is 0. The van der Waals surface area contributed by atoms with Crippen LogP contribution in [0.1, 0.15) is 40.0 Å². The zero-order valence-electron chi connectivity index (χ0n) is 10.7. The molecule has 0 aromatic carbocycles. The standard InChI is InChI=1S/C13H23NS2/c1-11(2)5-4-6-12(3)7-9-15-13-14-8-10-16-13/h5,12H,4,6-10H2,1-3H3. The van der Waals surface area contributed by atoms with Crippen molar-refractivity contribution in [1.29, 1.82) is 0 Å². The van der Waals surface area contributed by atoms with Crippen molar-refractivity contribution < 1.29 is 0 Å². The molecule has 0 saturated heterocycles. The highest BCUT2D eigenvalue weighted by atomic mass is 32.2. The number of rotatable bonds is 6. The maximum Gasteiger partial charge on any atom is 0.124 e. The van der Waals surface area contributed by atoms with E-state index in [4.69, 9.17) is 0 Å². The Balaban J connectivity index is 2.01. The summed E-state index contributed by atoms with van der Waals surface area (Å²) in [6.07, 6.45) is 6.23. The Morgan fingerprint density at radius 3 is 2.94 bits per heavy atom. The zero-order valence-corrected chi connectivity index (χ0v) is 12.3. The normalized spacial score (nSPS) is 17.1. The number of hydrogen-bond donors (Lipinski definition) is 0. The zero-order chi connectivity index (χ0) is 11.8. The van der Waals surface area contributed by atoms with E-state index in [0.717, 1.165) is 12.5 Å². The highest BCUT2D eigenvalue weighted by Crippen LogP contribution is 2.24. The summed E-state index contributed by atoms with van der Waals surface area (Å²) in [5.74, 6) is 3.27. The summed E-state index contributed by atoms with van der Waals surface area (Å²) in [5, 5.41) is 0. The molecule has 0 spiro atoms. The van der Waals surface area contributed by atoms with Crippen molar-refractivity contribution in [3.05, 3.63) is 11.6 Å². The summed E-state index contributed by atoms with van der Waals surface area (Å²) in [4.78, 5) is 4.45. The van der Waals surface area contributed by atoms with Crippen LogP contribution in [0.5, 0.6) is 0 Å². The molecule has 1 atom stereocenters. The number of thioether (sulfide) groups is 2. The number of nitrogens with zero attached hydrogens (tertiary/aromatic N) is 1. The second-order valence-corrected chi connectivity index (χ2v) is 7.02. The van der Waals surface area contributed by atoms with Crippen LogP contribution >= 0.6 is 23.5 Å². The van der Waals surface area contributed by atoms with Gasteiger partial charge in [0.1, 0.15) is 4.38 Å². The smallest absolute Gasteiger partial charge is 0.124 e. The minimum Gasteiger partial charge on any atom is -0.271 e. The average molecular weight is 257 g/mol. The Bertz CT molecular complexity index is 255. The third-order valence-corrected chi connectivity index (χ3v) is 4.89. The Hall–Kier alpha value is 0.110. The lowest BCUT2D eigenvalue weighted by atomic mass is 10.0. The van der Waals surface area contributed by atoms with Gasteiger partial charge in [-0.05, 0) is 39.0 Å². The lowest BCUT2D eigenvalue weighted by Gasteiger charge is -2.09. The molecule has 0 saturated carbocycles. The molecule has 92 valence electrons. The second kappa shape index (κ2) is 8.24. The third-order valence-electron chi connectivity index (χ3n) is 2.61. The van der Waals surface area contributed by atoms with Crippen LogP contribution in [0.15, 0.2) is 16.6 Å². The fourth-order valence-corrected chi connectivity index (χ4v) is 3.80. The first kappa shape index (κ1) is 14.2. The van der Waals surface area contributed by atoms with E-state index in [2.05, 4.69) is 31.8 Å². The summed E-state index contributed by atoms with van der Waals surface area (Å²) in [5.41, 5.74) is 1.44. The molecule has 0 radical (unpaired) electrons. The summed E-state index contributed by atoms with van der Waals surface area (Å²) >= 11 is 3.87. The van der Waals surface area contributed by atoms with E-state index >= 15 is 0 Å². The van der Waals surface area contributed by atoms with Crippen molar-refractivity contribution in [2.45, 2.75) is 40.0 Å². The molecule has 0 aromatic heterocycles. The molecule has 1 rings (SSSR count). The van der Waals surface area contributed by atoms with Crippen LogP contribution < -0.4 is 0 Å². The van der Waals surface area contributed by atoms with E-state index in [1.807, 2.05) is 23.5 Å². The molecule has 0 fully saturated rings. The Morgan fingerprint density at radius 2 is 2.31 bits per heavy atom. The molecule has 1 heterocycles. The van der Waals surface area contributed by atoms with Crippen molar-refractivity contribution >= 4 is 27.9 Å². The van der Waals surface area contributed by atoms with Crippen LogP contribution in [0.4, 0.5) is 0 Å². The van der Waals surface area contributed by atoms with Gasteiger partial charge in [-0.25, -0.2) is 0 Å². The van der Waals surface area contributed by atoms with Gasteiger partial charge in [-0.2, -0.15) is 0 Å². The van der Waals surface area contributed by atoms with Crippen LogP contribution in [0.3, 0.4) is 0 Å². The largest absolute Gasteiger partial charge is 0.271 e. The van der Waals surface area contributed by atoms with E-state index in [1.54, 1.807) is 0 Å². The van der Waals surface area contributed by atoms with E-state index < -0.39 is 0 Å². The van der Waals surface area contributed by atoms with Crippen LogP contribution in [-0.4, -0.2) is 22.4 Å². The van der Waals surface area contributed by atoms with Gasteiger partial charge in [0.05, 0.1) is 6.54 Å². The summed E-state index contributed by atoms with van der Waals surface area (Å²) in [6.45, 7) is 7.75. The van der Waals surface area contributed by atoms with Gasteiger partial charge in [0.15, 0.2) is 0 Å². The minimum atomic E-state index is 0.843. The first-order valence-corrected chi connectivity index (χ1v) is 8.09. The number of allylic oxidation sites excluding steroid dienone is 2. The maximum absolute atomic E-state index is 4.45. The van der Waals surface area contributed by atoms with Gasteiger partial charge < -0.3 is 0 Å². The molecule has 3 heteroatoms. The minimum absolute atomic E-state index is 0.843. The van der Waals surface area contributed by atoms with Gasteiger partial charge in [0, 0.05) is 11.5 Å². The van der Waals surface area contributed by atoms with Crippen LogP contribution in [-0.2, 0) is 0 Å². The fraction of sp³-hybridized carbons (Fsp3) is 0.769. The molecule has 1 aliphatic rings. The van der Waals surface area contributed by atoms with Crippen LogP contribution in [0.2, 0.25) is 0 Å². The first-order chi connectivity index (χ1) is 7.68. The van der Waals surface area contributed by atoms with Gasteiger partial charge in [-0.1, -0.05) is 42.1 Å². The second-order valence-electron chi connectivity index (χ2n) is 4.60. The average Bonchev–Trinajstić information content (AvgIpc) is 2.70. The van der Waals surface area contributed by atoms with Crippen molar-refractivity contribution in [2.24, 2.45) is 10.9 Å². The Kier molecular flexibility index (Phi) is 7.30. The van der Waals surface area contributed by atoms with Crippen molar-refractivity contribution in [2.75, 3.05) is 18.1 Å². The van der Waals surface area contributed by atoms with Gasteiger partial charge in [0.2, 0.25) is 0 Å².